The van der Waals surface area contributed by atoms with E-state index < -0.39 is 0 Å². The summed E-state index contributed by atoms with van der Waals surface area (Å²) in [6.45, 7) is 12.9. The average molecular weight is 875 g/mol. The summed E-state index contributed by atoms with van der Waals surface area (Å²) in [6, 6.07) is 50.8. The van der Waals surface area contributed by atoms with E-state index in [1.807, 2.05) is 85.1 Å². The third kappa shape index (κ3) is 8.01. The summed E-state index contributed by atoms with van der Waals surface area (Å²) in [5, 5.41) is 11.9. The van der Waals surface area contributed by atoms with E-state index in [9.17, 15) is 5.11 Å². The Hall–Kier alpha value is -5.38. The molecular weight excluding hydrogens is 832 g/mol. The van der Waals surface area contributed by atoms with Gasteiger partial charge in [-0.15, -0.1) is 29.8 Å². The Bertz CT molecular complexity index is 2330. The second kappa shape index (κ2) is 15.3. The molecular formula is C47H43N4OPt-. The Kier molecular flexibility index (Phi) is 10.8. The van der Waals surface area contributed by atoms with Crippen LogP contribution in [0, 0.1) is 6.07 Å². The van der Waals surface area contributed by atoms with Gasteiger partial charge in [-0.25, -0.2) is 9.97 Å². The molecule has 0 atom stereocenters. The van der Waals surface area contributed by atoms with Gasteiger partial charge < -0.3 is 10.0 Å². The van der Waals surface area contributed by atoms with Crippen LogP contribution in [0.1, 0.15) is 52.7 Å². The molecule has 1 N–H and O–H groups in total. The molecule has 2 heterocycles. The summed E-state index contributed by atoms with van der Waals surface area (Å²) >= 11 is 0. The number of phenolic OH excluding ortho intramolecular Hbond substituents is 1. The molecule has 5 aromatic carbocycles. The topological polar surface area (TPSA) is 62.1 Å². The van der Waals surface area contributed by atoms with Gasteiger partial charge in [-0.05, 0) is 63.2 Å². The van der Waals surface area contributed by atoms with Crippen molar-refractivity contribution in [3.63, 3.8) is 0 Å². The number of aromatic hydroxyl groups is 1. The SMILES string of the molecule is CC(C)(C)c1cc(-c2nc(-c3[c-]c(N(c4ccccn4)c4ccccc4-c4ccccc4)ccc3)cc(-c3ccccc3)n2)c(O)c(C(C)(C)C)c1.[Pt]. The van der Waals surface area contributed by atoms with E-state index in [-0.39, 0.29) is 37.6 Å². The number of benzene rings is 5. The average Bonchev–Trinajstić information content (AvgIpc) is 3.15. The molecule has 0 unspecified atom stereocenters. The first-order valence-corrected chi connectivity index (χ1v) is 17.7. The van der Waals surface area contributed by atoms with Crippen molar-refractivity contribution in [2.45, 2.75) is 52.4 Å². The van der Waals surface area contributed by atoms with E-state index in [1.165, 1.54) is 0 Å². The van der Waals surface area contributed by atoms with Crippen molar-refractivity contribution in [2.75, 3.05) is 4.90 Å². The monoisotopic (exact) mass is 874 g/mol. The Balaban J connectivity index is 0.00000481. The van der Waals surface area contributed by atoms with Crippen molar-refractivity contribution in [3.05, 3.63) is 163 Å². The van der Waals surface area contributed by atoms with Gasteiger partial charge in [0.2, 0.25) is 0 Å². The zero-order chi connectivity index (χ0) is 36.5. The van der Waals surface area contributed by atoms with E-state index in [1.54, 1.807) is 0 Å². The van der Waals surface area contributed by atoms with Crippen LogP contribution in [0.25, 0.3) is 45.0 Å². The maximum absolute atomic E-state index is 11.9. The van der Waals surface area contributed by atoms with E-state index in [2.05, 4.69) is 113 Å². The molecule has 7 rings (SSSR count). The quantitative estimate of drug-likeness (QED) is 0.162. The summed E-state index contributed by atoms with van der Waals surface area (Å²) in [6.07, 6.45) is 1.81. The van der Waals surface area contributed by atoms with Gasteiger partial charge in [0.15, 0.2) is 5.82 Å². The standard InChI is InChI=1S/C47H43N4O.Pt/c1-46(2,3)35-29-38(44(52)39(30-35)47(4,5)6)45-49-40(33-20-11-8-12-21-33)31-41(50-45)34-22-17-23-36(28-34)51(43-26-15-16-27-48-43)42-25-14-13-24-37(42)32-18-9-7-10-19-32;/h7-27,29-31,52H,1-6H3;/q-1;. The molecule has 0 amide bonds. The van der Waals surface area contributed by atoms with Gasteiger partial charge in [-0.3, -0.25) is 4.98 Å². The number of rotatable bonds is 7. The Labute approximate surface area is 327 Å². The van der Waals surface area contributed by atoms with Crippen LogP contribution in [-0.2, 0) is 31.9 Å². The van der Waals surface area contributed by atoms with Gasteiger partial charge in [-0.2, -0.15) is 0 Å². The predicted octanol–water partition coefficient (Wildman–Crippen LogP) is 12.1. The first-order chi connectivity index (χ1) is 25.0. The molecule has 0 radical (unpaired) electrons. The van der Waals surface area contributed by atoms with Crippen LogP contribution in [0.5, 0.6) is 5.75 Å². The first kappa shape index (κ1) is 37.4. The van der Waals surface area contributed by atoms with Gasteiger partial charge in [0.25, 0.3) is 0 Å². The number of para-hydroxylation sites is 1. The van der Waals surface area contributed by atoms with E-state index in [0.29, 0.717) is 17.1 Å². The molecule has 7 aromatic rings. The molecule has 0 aliphatic heterocycles. The fraction of sp³-hybridized carbons (Fsp3) is 0.170. The third-order valence-corrected chi connectivity index (χ3v) is 9.23. The summed E-state index contributed by atoms with van der Waals surface area (Å²) in [4.78, 5) is 17.2. The van der Waals surface area contributed by atoms with Crippen molar-refractivity contribution in [2.24, 2.45) is 0 Å². The Morgan fingerprint density at radius 2 is 1.23 bits per heavy atom. The van der Waals surface area contributed by atoms with Crippen molar-refractivity contribution >= 4 is 17.2 Å². The zero-order valence-corrected chi connectivity index (χ0v) is 33.2. The third-order valence-electron chi connectivity index (χ3n) is 9.23. The fourth-order valence-corrected chi connectivity index (χ4v) is 6.40. The van der Waals surface area contributed by atoms with Crippen molar-refractivity contribution < 1.29 is 26.2 Å². The van der Waals surface area contributed by atoms with Gasteiger partial charge in [-0.1, -0.05) is 139 Å². The molecule has 0 saturated heterocycles. The van der Waals surface area contributed by atoms with Crippen LogP contribution >= 0.6 is 0 Å². The zero-order valence-electron chi connectivity index (χ0n) is 30.9. The van der Waals surface area contributed by atoms with E-state index in [4.69, 9.17) is 15.0 Å². The normalized spacial score (nSPS) is 11.5. The van der Waals surface area contributed by atoms with Crippen molar-refractivity contribution in [1.82, 2.24) is 15.0 Å². The molecule has 268 valence electrons. The maximum atomic E-state index is 11.9. The number of hydrogen-bond acceptors (Lipinski definition) is 5. The summed E-state index contributed by atoms with van der Waals surface area (Å²) < 4.78 is 0. The van der Waals surface area contributed by atoms with Gasteiger partial charge in [0.1, 0.15) is 11.6 Å². The van der Waals surface area contributed by atoms with Crippen LogP contribution in [0.15, 0.2) is 146 Å². The molecule has 0 aliphatic carbocycles. The van der Waals surface area contributed by atoms with Crippen LogP contribution in [0.4, 0.5) is 17.2 Å². The fourth-order valence-electron chi connectivity index (χ4n) is 6.40. The molecule has 6 heteroatoms. The number of anilines is 3. The number of hydrogen-bond donors (Lipinski definition) is 1. The number of phenols is 1. The van der Waals surface area contributed by atoms with Crippen LogP contribution in [0.2, 0.25) is 0 Å². The minimum atomic E-state index is -0.299. The molecule has 0 aliphatic rings. The molecule has 53 heavy (non-hydrogen) atoms. The number of aromatic nitrogens is 3. The first-order valence-electron chi connectivity index (χ1n) is 17.7. The maximum Gasteiger partial charge on any atom is 0.154 e. The Morgan fingerprint density at radius 3 is 1.89 bits per heavy atom. The summed E-state index contributed by atoms with van der Waals surface area (Å²) in [5.74, 6) is 1.43. The molecule has 0 bridgehead atoms. The minimum Gasteiger partial charge on any atom is -0.507 e. The van der Waals surface area contributed by atoms with Crippen molar-refractivity contribution in [3.8, 4) is 50.8 Å². The summed E-state index contributed by atoms with van der Waals surface area (Å²) in [5.41, 5.74) is 9.30. The largest absolute Gasteiger partial charge is 0.507 e. The number of pyridine rings is 1. The predicted molar refractivity (Wildman–Crippen MR) is 214 cm³/mol. The second-order valence-electron chi connectivity index (χ2n) is 15.1. The van der Waals surface area contributed by atoms with Gasteiger partial charge in [0, 0.05) is 38.4 Å². The van der Waals surface area contributed by atoms with E-state index >= 15 is 0 Å². The van der Waals surface area contributed by atoms with Crippen LogP contribution in [-0.4, -0.2) is 20.1 Å². The van der Waals surface area contributed by atoms with Crippen LogP contribution in [0.3, 0.4) is 0 Å². The molecule has 0 fully saturated rings. The summed E-state index contributed by atoms with van der Waals surface area (Å²) in [7, 11) is 0. The second-order valence-corrected chi connectivity index (χ2v) is 15.1. The number of nitrogens with zero attached hydrogens (tertiary/aromatic N) is 4. The van der Waals surface area contributed by atoms with Crippen LogP contribution < -0.4 is 4.90 Å². The molecule has 0 spiro atoms. The van der Waals surface area contributed by atoms with Gasteiger partial charge >= 0.3 is 0 Å². The van der Waals surface area contributed by atoms with Gasteiger partial charge in [0.05, 0.1) is 16.9 Å². The molecule has 5 nitrogen and oxygen atoms in total. The molecule has 2 aromatic heterocycles. The van der Waals surface area contributed by atoms with Crippen molar-refractivity contribution in [1.29, 1.82) is 0 Å². The van der Waals surface area contributed by atoms with E-state index in [0.717, 1.165) is 56.3 Å². The molecule has 0 saturated carbocycles. The smallest absolute Gasteiger partial charge is 0.154 e. The Morgan fingerprint density at radius 1 is 0.585 bits per heavy atom. The minimum absolute atomic E-state index is 0.